The third kappa shape index (κ3) is 2.46. The Kier molecular flexibility index (Phi) is 2.87. The fourth-order valence-corrected chi connectivity index (χ4v) is 1.34. The molecule has 0 radical (unpaired) electrons. The van der Waals surface area contributed by atoms with E-state index in [1.54, 1.807) is 12.1 Å². The van der Waals surface area contributed by atoms with Crippen LogP contribution in [0.2, 0.25) is 0 Å². The number of hydrogen-bond acceptors (Lipinski definition) is 3. The second-order valence-electron chi connectivity index (χ2n) is 3.46. The number of alkyl halides is 3. The summed E-state index contributed by atoms with van der Waals surface area (Å²) in [5, 5.41) is 6.34. The van der Waals surface area contributed by atoms with Gasteiger partial charge in [0.25, 0.3) is 0 Å². The highest BCUT2D eigenvalue weighted by Gasteiger charge is 2.38. The highest BCUT2D eigenvalue weighted by atomic mass is 19.4. The lowest BCUT2D eigenvalue weighted by molar-refractivity contribution is -0.156. The van der Waals surface area contributed by atoms with Crippen LogP contribution < -0.4 is 0 Å². The average molecular weight is 242 g/mol. The summed E-state index contributed by atoms with van der Waals surface area (Å²) in [6.07, 6.45) is -3.74. The highest BCUT2D eigenvalue weighted by molar-refractivity contribution is 5.52. The second-order valence-corrected chi connectivity index (χ2v) is 3.46. The number of aromatic nitrogens is 2. The fraction of sp³-hybridized carbons (Fsp3) is 0.273. The summed E-state index contributed by atoms with van der Waals surface area (Å²) in [6.45, 7) is 1.99. The Morgan fingerprint density at radius 3 is 2.24 bits per heavy atom. The van der Waals surface area contributed by atoms with Gasteiger partial charge in [-0.05, 0) is 24.1 Å². The van der Waals surface area contributed by atoms with Gasteiger partial charge in [0.05, 0.1) is 0 Å². The average Bonchev–Trinajstić information content (AvgIpc) is 2.78. The van der Waals surface area contributed by atoms with Crippen molar-refractivity contribution in [2.24, 2.45) is 0 Å². The summed E-state index contributed by atoms with van der Waals surface area (Å²) in [7, 11) is 0. The SMILES string of the molecule is CCc1ccc(-c2nnc(C(F)(F)F)o2)cc1. The van der Waals surface area contributed by atoms with E-state index in [4.69, 9.17) is 0 Å². The Morgan fingerprint density at radius 1 is 1.12 bits per heavy atom. The maximum absolute atomic E-state index is 12.2. The minimum atomic E-state index is -4.60. The molecule has 0 aliphatic carbocycles. The summed E-state index contributed by atoms with van der Waals surface area (Å²) < 4.78 is 41.3. The molecule has 0 spiro atoms. The van der Waals surface area contributed by atoms with Crippen molar-refractivity contribution in [3.05, 3.63) is 35.7 Å². The zero-order valence-corrected chi connectivity index (χ0v) is 8.95. The predicted octanol–water partition coefficient (Wildman–Crippen LogP) is 3.32. The van der Waals surface area contributed by atoms with E-state index in [9.17, 15) is 13.2 Å². The van der Waals surface area contributed by atoms with Gasteiger partial charge in [0, 0.05) is 5.56 Å². The molecular formula is C11H9F3N2O. The van der Waals surface area contributed by atoms with Crippen LogP contribution in [0.4, 0.5) is 13.2 Å². The van der Waals surface area contributed by atoms with Crippen molar-refractivity contribution >= 4 is 0 Å². The van der Waals surface area contributed by atoms with Gasteiger partial charge < -0.3 is 4.42 Å². The molecule has 0 saturated carbocycles. The van der Waals surface area contributed by atoms with Gasteiger partial charge in [-0.1, -0.05) is 19.1 Å². The lowest BCUT2D eigenvalue weighted by Crippen LogP contribution is -2.04. The van der Waals surface area contributed by atoms with Gasteiger partial charge >= 0.3 is 12.1 Å². The first kappa shape index (κ1) is 11.6. The van der Waals surface area contributed by atoms with E-state index in [1.807, 2.05) is 19.1 Å². The van der Waals surface area contributed by atoms with Crippen molar-refractivity contribution in [2.45, 2.75) is 19.5 Å². The van der Waals surface area contributed by atoms with Crippen LogP contribution in [-0.4, -0.2) is 10.2 Å². The van der Waals surface area contributed by atoms with E-state index in [2.05, 4.69) is 14.6 Å². The second kappa shape index (κ2) is 4.20. The van der Waals surface area contributed by atoms with Gasteiger partial charge in [0.1, 0.15) is 0 Å². The molecule has 0 fully saturated rings. The maximum atomic E-state index is 12.2. The molecule has 0 bridgehead atoms. The first-order chi connectivity index (χ1) is 8.00. The number of aryl methyl sites for hydroxylation is 1. The molecule has 0 N–H and O–H groups in total. The van der Waals surface area contributed by atoms with Crippen LogP contribution in [0.15, 0.2) is 28.7 Å². The third-order valence-electron chi connectivity index (χ3n) is 2.28. The molecule has 0 unspecified atom stereocenters. The number of benzene rings is 1. The van der Waals surface area contributed by atoms with Crippen LogP contribution in [0.25, 0.3) is 11.5 Å². The van der Waals surface area contributed by atoms with Gasteiger partial charge in [-0.15, -0.1) is 10.2 Å². The molecule has 3 nitrogen and oxygen atoms in total. The van der Waals surface area contributed by atoms with Crippen LogP contribution in [0.3, 0.4) is 0 Å². The lowest BCUT2D eigenvalue weighted by atomic mass is 10.1. The molecule has 6 heteroatoms. The molecule has 1 aromatic heterocycles. The van der Waals surface area contributed by atoms with Crippen LogP contribution in [0.5, 0.6) is 0 Å². The van der Waals surface area contributed by atoms with Gasteiger partial charge in [-0.25, -0.2) is 0 Å². The van der Waals surface area contributed by atoms with Gasteiger partial charge in [-0.3, -0.25) is 0 Å². The first-order valence-corrected chi connectivity index (χ1v) is 5.00. The molecule has 2 rings (SSSR count). The van der Waals surface area contributed by atoms with Crippen LogP contribution in [0, 0.1) is 0 Å². The van der Waals surface area contributed by atoms with Crippen molar-refractivity contribution in [3.8, 4) is 11.5 Å². The number of hydrogen-bond donors (Lipinski definition) is 0. The molecule has 0 atom stereocenters. The van der Waals surface area contributed by atoms with Crippen molar-refractivity contribution < 1.29 is 17.6 Å². The number of halogens is 3. The van der Waals surface area contributed by atoms with E-state index in [0.717, 1.165) is 12.0 Å². The topological polar surface area (TPSA) is 38.9 Å². The monoisotopic (exact) mass is 242 g/mol. The quantitative estimate of drug-likeness (QED) is 0.810. The van der Waals surface area contributed by atoms with Crippen molar-refractivity contribution in [2.75, 3.05) is 0 Å². The van der Waals surface area contributed by atoms with Crippen LogP contribution in [0.1, 0.15) is 18.4 Å². The Morgan fingerprint density at radius 2 is 1.76 bits per heavy atom. The summed E-state index contributed by atoms with van der Waals surface area (Å²) in [6, 6.07) is 6.94. The Hall–Kier alpha value is -1.85. The highest BCUT2D eigenvalue weighted by Crippen LogP contribution is 2.30. The minimum Gasteiger partial charge on any atom is -0.413 e. The molecule has 0 aliphatic heterocycles. The molecule has 1 aromatic carbocycles. The smallest absolute Gasteiger partial charge is 0.413 e. The van der Waals surface area contributed by atoms with Crippen LogP contribution in [-0.2, 0) is 12.6 Å². The summed E-state index contributed by atoms with van der Waals surface area (Å²) in [5.41, 5.74) is 1.56. The van der Waals surface area contributed by atoms with Gasteiger partial charge in [-0.2, -0.15) is 13.2 Å². The van der Waals surface area contributed by atoms with Crippen molar-refractivity contribution in [1.29, 1.82) is 0 Å². The first-order valence-electron chi connectivity index (χ1n) is 5.00. The number of nitrogens with zero attached hydrogens (tertiary/aromatic N) is 2. The lowest BCUT2D eigenvalue weighted by Gasteiger charge is -1.99. The largest absolute Gasteiger partial charge is 0.470 e. The van der Waals surface area contributed by atoms with E-state index >= 15 is 0 Å². The Balaban J connectivity index is 2.30. The van der Waals surface area contributed by atoms with Crippen molar-refractivity contribution in [3.63, 3.8) is 0 Å². The fourth-order valence-electron chi connectivity index (χ4n) is 1.34. The Bertz CT molecular complexity index is 502. The maximum Gasteiger partial charge on any atom is 0.470 e. The number of rotatable bonds is 2. The third-order valence-corrected chi connectivity index (χ3v) is 2.28. The molecule has 1 heterocycles. The summed E-state index contributed by atoms with van der Waals surface area (Å²) in [4.78, 5) is 0. The molecule has 0 amide bonds. The summed E-state index contributed by atoms with van der Waals surface area (Å²) in [5.74, 6) is -1.45. The van der Waals surface area contributed by atoms with E-state index < -0.39 is 12.1 Å². The molecule has 2 aromatic rings. The molecule has 17 heavy (non-hydrogen) atoms. The van der Waals surface area contributed by atoms with Gasteiger partial charge in [0.2, 0.25) is 5.89 Å². The molecule has 90 valence electrons. The molecular weight excluding hydrogens is 233 g/mol. The normalized spacial score (nSPS) is 11.8. The standard InChI is InChI=1S/C11H9F3N2O/c1-2-7-3-5-8(6-4-7)9-15-16-10(17-9)11(12,13)14/h3-6H,2H2,1H3. The molecule has 0 saturated heterocycles. The van der Waals surface area contributed by atoms with Gasteiger partial charge in [0.15, 0.2) is 0 Å². The van der Waals surface area contributed by atoms with E-state index in [1.165, 1.54) is 0 Å². The van der Waals surface area contributed by atoms with E-state index in [-0.39, 0.29) is 5.89 Å². The molecule has 0 aliphatic rings. The Labute approximate surface area is 95.3 Å². The zero-order chi connectivity index (χ0) is 12.5. The minimum absolute atomic E-state index is 0.125. The van der Waals surface area contributed by atoms with Crippen LogP contribution >= 0.6 is 0 Å². The van der Waals surface area contributed by atoms with Crippen molar-refractivity contribution in [1.82, 2.24) is 10.2 Å². The van der Waals surface area contributed by atoms with E-state index in [0.29, 0.717) is 5.56 Å². The zero-order valence-electron chi connectivity index (χ0n) is 8.95. The predicted molar refractivity (Wildman–Crippen MR) is 54.1 cm³/mol. The summed E-state index contributed by atoms with van der Waals surface area (Å²) >= 11 is 0.